The Kier molecular flexibility index (Phi) is 5.64. The number of amides is 1. The molecule has 2 N–H and O–H groups in total. The van der Waals surface area contributed by atoms with Crippen LogP contribution >= 0.6 is 0 Å². The number of aryl methyl sites for hydroxylation is 1. The van der Waals surface area contributed by atoms with Crippen LogP contribution in [0, 0.1) is 12.4 Å². The molecule has 0 unspecified atom stereocenters. The number of hydrogen-bond acceptors (Lipinski definition) is 3. The number of benzene rings is 2. The van der Waals surface area contributed by atoms with Gasteiger partial charge in [0.2, 0.25) is 5.69 Å². The highest BCUT2D eigenvalue weighted by Gasteiger charge is 2.23. The molecule has 1 amide bonds. The van der Waals surface area contributed by atoms with E-state index in [0.29, 0.717) is 11.3 Å². The Hall–Kier alpha value is -3.96. The van der Waals surface area contributed by atoms with Crippen LogP contribution < -0.4 is 10.6 Å². The van der Waals surface area contributed by atoms with Gasteiger partial charge in [0.05, 0.1) is 17.8 Å². The molecule has 0 saturated carbocycles. The minimum absolute atomic E-state index is 0.0260. The molecule has 0 atom stereocenters. The van der Waals surface area contributed by atoms with E-state index in [1.807, 2.05) is 49.1 Å². The van der Waals surface area contributed by atoms with Gasteiger partial charge < -0.3 is 15.2 Å². The van der Waals surface area contributed by atoms with Crippen molar-refractivity contribution in [2.24, 2.45) is 14.1 Å². The highest BCUT2D eigenvalue weighted by molar-refractivity contribution is 5.98. The highest BCUT2D eigenvalue weighted by Crippen LogP contribution is 2.37. The Balaban J connectivity index is 1.63. The minimum atomic E-state index is -0.578. The van der Waals surface area contributed by atoms with Crippen molar-refractivity contribution < 1.29 is 9.18 Å². The summed E-state index contributed by atoms with van der Waals surface area (Å²) in [6, 6.07) is 12.4. The second-order valence-corrected chi connectivity index (χ2v) is 8.70. The Morgan fingerprint density at radius 3 is 2.65 bits per heavy atom. The number of aromatic nitrogens is 3. The number of hydrogen-bond donors (Lipinski definition) is 2. The van der Waals surface area contributed by atoms with Gasteiger partial charge in [-0.25, -0.2) is 9.24 Å². The number of halogens is 1. The molecular formula is C26H25FN6O. The summed E-state index contributed by atoms with van der Waals surface area (Å²) in [6.07, 6.45) is 3.71. The molecule has 0 aliphatic carbocycles. The minimum Gasteiger partial charge on any atom is -0.348 e. The normalized spacial score (nSPS) is 14.3. The molecule has 172 valence electrons. The maximum absolute atomic E-state index is 14.5. The second-order valence-electron chi connectivity index (χ2n) is 8.70. The van der Waals surface area contributed by atoms with Crippen LogP contribution in [0.5, 0.6) is 0 Å². The van der Waals surface area contributed by atoms with Gasteiger partial charge in [0.25, 0.3) is 5.91 Å². The van der Waals surface area contributed by atoms with E-state index in [-0.39, 0.29) is 17.6 Å². The third kappa shape index (κ3) is 3.95. The molecule has 1 saturated heterocycles. The molecule has 7 nitrogen and oxygen atoms in total. The first kappa shape index (κ1) is 21.9. The number of carbonyl (C=O) groups excluding carboxylic acids is 1. The van der Waals surface area contributed by atoms with Crippen LogP contribution in [0.1, 0.15) is 23.3 Å². The summed E-state index contributed by atoms with van der Waals surface area (Å²) < 4.78 is 18.2. The standard InChI is InChI=1S/C26H25FN6O/c1-28-23-7-4-16(13-21(23)27)20-14-24(26(34)30-19-8-10-29-11-9-19)33(3)25(20)17-5-6-22-18(12-17)15-32(2)31-22/h4-7,12-15,19,29H,8-11H2,2-3H3,(H,30,34). The second kappa shape index (κ2) is 8.76. The van der Waals surface area contributed by atoms with Gasteiger partial charge in [-0.05, 0) is 61.3 Å². The van der Waals surface area contributed by atoms with E-state index in [1.165, 1.54) is 12.1 Å². The largest absolute Gasteiger partial charge is 0.348 e. The number of piperidine rings is 1. The fourth-order valence-corrected chi connectivity index (χ4v) is 4.68. The number of nitrogens with one attached hydrogen (secondary N) is 2. The van der Waals surface area contributed by atoms with Gasteiger partial charge in [-0.2, -0.15) is 5.10 Å². The number of nitrogens with zero attached hydrogens (tertiary/aromatic N) is 4. The third-order valence-electron chi connectivity index (χ3n) is 6.41. The number of carbonyl (C=O) groups is 1. The summed E-state index contributed by atoms with van der Waals surface area (Å²) >= 11 is 0. The lowest BCUT2D eigenvalue weighted by Crippen LogP contribution is -2.43. The topological polar surface area (TPSA) is 68.2 Å². The molecule has 0 radical (unpaired) electrons. The van der Waals surface area contributed by atoms with Crippen molar-refractivity contribution in [3.05, 3.63) is 71.6 Å². The zero-order valence-electron chi connectivity index (χ0n) is 19.1. The summed E-state index contributed by atoms with van der Waals surface area (Å²) in [6.45, 7) is 8.91. The fraction of sp³-hybridized carbons (Fsp3) is 0.269. The Bertz CT molecular complexity index is 1440. The molecule has 34 heavy (non-hydrogen) atoms. The summed E-state index contributed by atoms with van der Waals surface area (Å²) in [5.74, 6) is -0.728. The molecule has 1 aliphatic rings. The van der Waals surface area contributed by atoms with E-state index >= 15 is 0 Å². The summed E-state index contributed by atoms with van der Waals surface area (Å²) in [4.78, 5) is 16.5. The number of fused-ring (bicyclic) bond motifs is 1. The summed E-state index contributed by atoms with van der Waals surface area (Å²) in [7, 11) is 3.73. The Morgan fingerprint density at radius 1 is 1.15 bits per heavy atom. The molecule has 1 fully saturated rings. The average molecular weight is 457 g/mol. The van der Waals surface area contributed by atoms with Crippen molar-refractivity contribution in [3.63, 3.8) is 0 Å². The van der Waals surface area contributed by atoms with Gasteiger partial charge in [0.1, 0.15) is 11.5 Å². The first-order chi connectivity index (χ1) is 16.4. The summed E-state index contributed by atoms with van der Waals surface area (Å²) in [5.41, 5.74) is 4.40. The lowest BCUT2D eigenvalue weighted by Gasteiger charge is -2.23. The van der Waals surface area contributed by atoms with Crippen LogP contribution in [0.4, 0.5) is 10.1 Å². The van der Waals surface area contributed by atoms with Crippen LogP contribution in [0.3, 0.4) is 0 Å². The van der Waals surface area contributed by atoms with Crippen LogP contribution in [0.25, 0.3) is 38.1 Å². The van der Waals surface area contributed by atoms with Crippen molar-refractivity contribution in [3.8, 4) is 22.4 Å². The predicted molar refractivity (Wildman–Crippen MR) is 130 cm³/mol. The summed E-state index contributed by atoms with van der Waals surface area (Å²) in [5, 5.41) is 11.9. The quantitative estimate of drug-likeness (QED) is 0.447. The molecule has 4 aromatic rings. The van der Waals surface area contributed by atoms with E-state index in [9.17, 15) is 9.18 Å². The molecule has 2 aromatic heterocycles. The third-order valence-corrected chi connectivity index (χ3v) is 6.41. The van der Waals surface area contributed by atoms with Crippen LogP contribution in [-0.2, 0) is 14.1 Å². The van der Waals surface area contributed by atoms with Gasteiger partial charge in [-0.1, -0.05) is 18.2 Å². The van der Waals surface area contributed by atoms with Crippen molar-refractivity contribution in [1.82, 2.24) is 25.0 Å². The predicted octanol–water partition coefficient (Wildman–Crippen LogP) is 4.42. The van der Waals surface area contributed by atoms with Crippen LogP contribution in [0.2, 0.25) is 0 Å². The van der Waals surface area contributed by atoms with E-state index < -0.39 is 5.82 Å². The van der Waals surface area contributed by atoms with E-state index in [4.69, 9.17) is 6.57 Å². The maximum atomic E-state index is 14.5. The van der Waals surface area contributed by atoms with Crippen molar-refractivity contribution >= 4 is 22.5 Å². The SMILES string of the molecule is [C-]#[N+]c1ccc(-c2cc(C(=O)NC3CCNCC3)n(C)c2-c2ccc3nn(C)cc3c2)cc1F. The molecule has 5 rings (SSSR count). The van der Waals surface area contributed by atoms with Gasteiger partial charge in [-0.3, -0.25) is 9.48 Å². The lowest BCUT2D eigenvalue weighted by molar-refractivity contribution is 0.0921. The van der Waals surface area contributed by atoms with Gasteiger partial charge in [-0.15, -0.1) is 0 Å². The highest BCUT2D eigenvalue weighted by atomic mass is 19.1. The van der Waals surface area contributed by atoms with E-state index in [0.717, 1.165) is 53.7 Å². The molecule has 3 heterocycles. The van der Waals surface area contributed by atoms with Gasteiger partial charge in [0, 0.05) is 37.3 Å². The smallest absolute Gasteiger partial charge is 0.268 e. The van der Waals surface area contributed by atoms with E-state index in [1.54, 1.807) is 10.7 Å². The maximum Gasteiger partial charge on any atom is 0.268 e. The Morgan fingerprint density at radius 2 is 1.91 bits per heavy atom. The van der Waals surface area contributed by atoms with Crippen molar-refractivity contribution in [2.45, 2.75) is 18.9 Å². The van der Waals surface area contributed by atoms with Gasteiger partial charge in [0.15, 0.2) is 0 Å². The van der Waals surface area contributed by atoms with Crippen molar-refractivity contribution in [1.29, 1.82) is 0 Å². The van der Waals surface area contributed by atoms with E-state index in [2.05, 4.69) is 20.6 Å². The molecule has 0 bridgehead atoms. The zero-order chi connectivity index (χ0) is 23.8. The van der Waals surface area contributed by atoms with Crippen LogP contribution in [-0.4, -0.2) is 39.4 Å². The Labute approximate surface area is 197 Å². The molecule has 1 aliphatic heterocycles. The average Bonchev–Trinajstić information content (AvgIpc) is 3.37. The molecule has 0 spiro atoms. The zero-order valence-corrected chi connectivity index (χ0v) is 19.1. The van der Waals surface area contributed by atoms with Gasteiger partial charge >= 0.3 is 0 Å². The molecule has 8 heteroatoms. The molecule has 2 aromatic carbocycles. The lowest BCUT2D eigenvalue weighted by atomic mass is 10.00. The van der Waals surface area contributed by atoms with Crippen LogP contribution in [0.15, 0.2) is 48.7 Å². The monoisotopic (exact) mass is 456 g/mol. The van der Waals surface area contributed by atoms with Crippen molar-refractivity contribution in [2.75, 3.05) is 13.1 Å². The first-order valence-corrected chi connectivity index (χ1v) is 11.3. The molecular weight excluding hydrogens is 431 g/mol. The number of rotatable bonds is 4. The first-order valence-electron chi connectivity index (χ1n) is 11.3. The fourth-order valence-electron chi connectivity index (χ4n) is 4.68.